The summed E-state index contributed by atoms with van der Waals surface area (Å²) in [6, 6.07) is 25.3. The highest BCUT2D eigenvalue weighted by atomic mass is 16.5. The highest BCUT2D eigenvalue weighted by molar-refractivity contribution is 6.01. The van der Waals surface area contributed by atoms with Gasteiger partial charge in [0.1, 0.15) is 0 Å². The molecule has 1 amide bonds. The van der Waals surface area contributed by atoms with Gasteiger partial charge in [-0.25, -0.2) is 0 Å². The molecule has 1 N–H and O–H groups in total. The minimum atomic E-state index is -0.157. The van der Waals surface area contributed by atoms with Gasteiger partial charge < -0.3 is 15.0 Å². The van der Waals surface area contributed by atoms with Crippen molar-refractivity contribution in [3.8, 4) is 11.1 Å². The second-order valence-electron chi connectivity index (χ2n) is 7.53. The summed E-state index contributed by atoms with van der Waals surface area (Å²) in [4.78, 5) is 27.3. The lowest BCUT2D eigenvalue weighted by Gasteiger charge is -2.30. The normalized spacial score (nSPS) is 13.6. The maximum atomic E-state index is 12.6. The van der Waals surface area contributed by atoms with Crippen LogP contribution in [0.5, 0.6) is 0 Å². The minimum absolute atomic E-state index is 0.0313. The first-order valence-electron chi connectivity index (χ1n) is 10.6. The van der Waals surface area contributed by atoms with Crippen molar-refractivity contribution in [2.45, 2.75) is 12.8 Å². The Bertz CT molecular complexity index is 1030. The number of Topliss-reactive ketones (excluding diaryl/α,β-unsaturated/α-hetero) is 1. The molecule has 5 heteroatoms. The summed E-state index contributed by atoms with van der Waals surface area (Å²) in [6.45, 7) is 2.95. The number of rotatable bonds is 7. The minimum Gasteiger partial charge on any atom is -0.378 e. The molecule has 0 atom stereocenters. The third-order valence-corrected chi connectivity index (χ3v) is 5.42. The van der Waals surface area contributed by atoms with E-state index in [0.717, 1.165) is 35.6 Å². The zero-order valence-corrected chi connectivity index (χ0v) is 17.4. The van der Waals surface area contributed by atoms with Crippen molar-refractivity contribution < 1.29 is 14.3 Å². The summed E-state index contributed by atoms with van der Waals surface area (Å²) in [5.41, 5.74) is 4.56. The van der Waals surface area contributed by atoms with E-state index >= 15 is 0 Å². The number of hydrogen-bond acceptors (Lipinski definition) is 4. The summed E-state index contributed by atoms with van der Waals surface area (Å²) in [5, 5.41) is 2.97. The average Bonchev–Trinajstić information content (AvgIpc) is 2.84. The molecule has 1 saturated heterocycles. The number of ether oxygens (including phenoxy) is 1. The molecule has 0 saturated carbocycles. The molecule has 5 nitrogen and oxygen atoms in total. The summed E-state index contributed by atoms with van der Waals surface area (Å²) in [6.07, 6.45) is 0.326. The van der Waals surface area contributed by atoms with Gasteiger partial charge in [0, 0.05) is 31.5 Å². The highest BCUT2D eigenvalue weighted by Crippen LogP contribution is 2.26. The molecule has 0 aromatic heterocycles. The second-order valence-corrected chi connectivity index (χ2v) is 7.53. The van der Waals surface area contributed by atoms with Crippen LogP contribution in [0, 0.1) is 0 Å². The molecular formula is C26H26N2O3. The molecule has 1 aliphatic heterocycles. The topological polar surface area (TPSA) is 58.6 Å². The Balaban J connectivity index is 1.33. The molecule has 1 aliphatic rings. The Morgan fingerprint density at radius 3 is 2.16 bits per heavy atom. The van der Waals surface area contributed by atoms with Crippen molar-refractivity contribution in [2.75, 3.05) is 36.5 Å². The van der Waals surface area contributed by atoms with E-state index in [1.807, 2.05) is 78.9 Å². The number of para-hydroxylation sites is 2. The number of morpholine rings is 1. The number of carbonyl (C=O) groups excluding carboxylic acids is 2. The average molecular weight is 415 g/mol. The fourth-order valence-electron chi connectivity index (χ4n) is 3.72. The first kappa shape index (κ1) is 20.8. The summed E-state index contributed by atoms with van der Waals surface area (Å²) >= 11 is 0. The molecule has 31 heavy (non-hydrogen) atoms. The molecular weight excluding hydrogens is 388 g/mol. The molecule has 0 spiro atoms. The highest BCUT2D eigenvalue weighted by Gasteiger charge is 2.16. The number of ketones is 1. The van der Waals surface area contributed by atoms with Gasteiger partial charge in [-0.1, -0.05) is 66.7 Å². The van der Waals surface area contributed by atoms with Gasteiger partial charge >= 0.3 is 0 Å². The maximum absolute atomic E-state index is 12.6. The fourth-order valence-corrected chi connectivity index (χ4v) is 3.72. The van der Waals surface area contributed by atoms with Gasteiger partial charge in [-0.2, -0.15) is 0 Å². The number of carbonyl (C=O) groups is 2. The van der Waals surface area contributed by atoms with Gasteiger partial charge in [0.15, 0.2) is 5.78 Å². The van der Waals surface area contributed by atoms with Crippen molar-refractivity contribution in [3.05, 3.63) is 84.4 Å². The number of amides is 1. The predicted octanol–water partition coefficient (Wildman–Crippen LogP) is 4.79. The van der Waals surface area contributed by atoms with Gasteiger partial charge in [0.25, 0.3) is 0 Å². The molecule has 0 bridgehead atoms. The molecule has 1 heterocycles. The molecule has 1 fully saturated rings. The summed E-state index contributed by atoms with van der Waals surface area (Å²) in [7, 11) is 0. The number of hydrogen-bond donors (Lipinski definition) is 1. The van der Waals surface area contributed by atoms with Crippen LogP contribution in [0.4, 0.5) is 11.4 Å². The standard InChI is InChI=1S/C26H26N2O3/c29-25(22-12-10-21(11-13-22)20-6-2-1-3-7-20)14-15-26(30)27-23-8-4-5-9-24(23)28-16-18-31-19-17-28/h1-13H,14-19H2,(H,27,30). The van der Waals surface area contributed by atoms with E-state index in [4.69, 9.17) is 4.74 Å². The summed E-state index contributed by atoms with van der Waals surface area (Å²) in [5.74, 6) is -0.189. The Hall–Kier alpha value is -3.44. The SMILES string of the molecule is O=C(CCC(=O)c1ccc(-c2ccccc2)cc1)Nc1ccccc1N1CCOCC1. The molecule has 0 unspecified atom stereocenters. The van der Waals surface area contributed by atoms with Crippen molar-refractivity contribution in [3.63, 3.8) is 0 Å². The van der Waals surface area contributed by atoms with Crippen LogP contribution in [-0.2, 0) is 9.53 Å². The van der Waals surface area contributed by atoms with E-state index in [0.29, 0.717) is 18.8 Å². The molecule has 158 valence electrons. The van der Waals surface area contributed by atoms with E-state index in [-0.39, 0.29) is 24.5 Å². The van der Waals surface area contributed by atoms with Crippen LogP contribution in [-0.4, -0.2) is 38.0 Å². The van der Waals surface area contributed by atoms with Gasteiger partial charge in [-0.15, -0.1) is 0 Å². The third kappa shape index (κ3) is 5.38. The maximum Gasteiger partial charge on any atom is 0.224 e. The third-order valence-electron chi connectivity index (χ3n) is 5.42. The molecule has 0 aliphatic carbocycles. The zero-order chi connectivity index (χ0) is 21.5. The van der Waals surface area contributed by atoms with Crippen LogP contribution >= 0.6 is 0 Å². The van der Waals surface area contributed by atoms with E-state index in [1.54, 1.807) is 0 Å². The Kier molecular flexibility index (Phi) is 6.75. The number of nitrogens with zero attached hydrogens (tertiary/aromatic N) is 1. The van der Waals surface area contributed by atoms with Crippen LogP contribution in [0.25, 0.3) is 11.1 Å². The van der Waals surface area contributed by atoms with Crippen molar-refractivity contribution in [2.24, 2.45) is 0 Å². The first-order valence-corrected chi connectivity index (χ1v) is 10.6. The number of anilines is 2. The molecule has 4 rings (SSSR count). The fraction of sp³-hybridized carbons (Fsp3) is 0.231. The Labute approximate surface area is 182 Å². The zero-order valence-electron chi connectivity index (χ0n) is 17.4. The predicted molar refractivity (Wildman–Crippen MR) is 124 cm³/mol. The number of nitrogens with one attached hydrogen (secondary N) is 1. The summed E-state index contributed by atoms with van der Waals surface area (Å²) < 4.78 is 5.42. The lowest BCUT2D eigenvalue weighted by Crippen LogP contribution is -2.36. The van der Waals surface area contributed by atoms with Gasteiger partial charge in [0.2, 0.25) is 5.91 Å². The molecule has 0 radical (unpaired) electrons. The van der Waals surface area contributed by atoms with Crippen LogP contribution in [0.15, 0.2) is 78.9 Å². The van der Waals surface area contributed by atoms with Crippen LogP contribution in [0.1, 0.15) is 23.2 Å². The van der Waals surface area contributed by atoms with E-state index in [2.05, 4.69) is 10.2 Å². The second kappa shape index (κ2) is 10.0. The van der Waals surface area contributed by atoms with E-state index in [1.165, 1.54) is 0 Å². The monoisotopic (exact) mass is 414 g/mol. The van der Waals surface area contributed by atoms with Gasteiger partial charge in [0.05, 0.1) is 24.6 Å². The lowest BCUT2D eigenvalue weighted by atomic mass is 10.0. The first-order chi connectivity index (χ1) is 15.2. The van der Waals surface area contributed by atoms with Crippen molar-refractivity contribution >= 4 is 23.1 Å². The largest absolute Gasteiger partial charge is 0.378 e. The lowest BCUT2D eigenvalue weighted by molar-refractivity contribution is -0.116. The van der Waals surface area contributed by atoms with Crippen LogP contribution in [0.2, 0.25) is 0 Å². The Morgan fingerprint density at radius 2 is 1.42 bits per heavy atom. The Morgan fingerprint density at radius 1 is 0.774 bits per heavy atom. The van der Waals surface area contributed by atoms with E-state index < -0.39 is 0 Å². The van der Waals surface area contributed by atoms with E-state index in [9.17, 15) is 9.59 Å². The van der Waals surface area contributed by atoms with Crippen molar-refractivity contribution in [1.29, 1.82) is 0 Å². The van der Waals surface area contributed by atoms with Gasteiger partial charge in [-0.3, -0.25) is 9.59 Å². The molecule has 3 aromatic carbocycles. The molecule has 3 aromatic rings. The van der Waals surface area contributed by atoms with Crippen LogP contribution < -0.4 is 10.2 Å². The van der Waals surface area contributed by atoms with Gasteiger partial charge in [-0.05, 0) is 23.3 Å². The quantitative estimate of drug-likeness (QED) is 0.565. The van der Waals surface area contributed by atoms with Crippen LogP contribution in [0.3, 0.4) is 0 Å². The smallest absolute Gasteiger partial charge is 0.224 e. The number of benzene rings is 3. The van der Waals surface area contributed by atoms with Crippen molar-refractivity contribution in [1.82, 2.24) is 0 Å².